The maximum atomic E-state index is 12.9. The first-order valence-corrected chi connectivity index (χ1v) is 11.0. The number of hydrogen-bond donors (Lipinski definition) is 0. The average Bonchev–Trinajstić information content (AvgIpc) is 3.06. The van der Waals surface area contributed by atoms with Crippen LogP contribution in [0, 0.1) is 5.92 Å². The van der Waals surface area contributed by atoms with E-state index in [0.717, 1.165) is 5.56 Å². The van der Waals surface area contributed by atoms with E-state index >= 15 is 0 Å². The zero-order valence-electron chi connectivity index (χ0n) is 16.5. The van der Waals surface area contributed by atoms with E-state index in [9.17, 15) is 18.0 Å². The number of hydrogen-bond acceptors (Lipinski definition) is 6. The summed E-state index contributed by atoms with van der Waals surface area (Å²) in [5, 5.41) is 0. The molecule has 7 nitrogen and oxygen atoms in total. The van der Waals surface area contributed by atoms with Crippen LogP contribution in [0.2, 0.25) is 0 Å². The Morgan fingerprint density at radius 1 is 1.11 bits per heavy atom. The van der Waals surface area contributed by atoms with Gasteiger partial charge in [-0.05, 0) is 36.0 Å². The molecule has 1 aromatic carbocycles. The molecule has 0 aliphatic carbocycles. The van der Waals surface area contributed by atoms with E-state index < -0.39 is 34.0 Å². The molecule has 0 radical (unpaired) electrons. The number of carbonyl (C=O) groups is 2. The third kappa shape index (κ3) is 4.38. The van der Waals surface area contributed by atoms with Crippen molar-refractivity contribution in [2.45, 2.75) is 56.4 Å². The van der Waals surface area contributed by atoms with E-state index in [1.807, 2.05) is 12.1 Å². The first-order valence-electron chi connectivity index (χ1n) is 9.57. The number of carbonyl (C=O) groups excluding carboxylic acids is 2. The van der Waals surface area contributed by atoms with Crippen molar-refractivity contribution in [3.05, 3.63) is 29.8 Å². The van der Waals surface area contributed by atoms with Crippen LogP contribution in [-0.2, 0) is 34.5 Å². The summed E-state index contributed by atoms with van der Waals surface area (Å²) in [6.07, 6.45) is 0.304. The first-order chi connectivity index (χ1) is 13.1. The molecular formula is C20H27NO6S. The van der Waals surface area contributed by atoms with Crippen LogP contribution < -0.4 is 0 Å². The number of piperidine rings is 1. The smallest absolute Gasteiger partial charge is 0.347 e. The molecule has 154 valence electrons. The highest BCUT2D eigenvalue weighted by molar-refractivity contribution is 7.89. The average molecular weight is 410 g/mol. The first kappa shape index (κ1) is 20.8. The predicted octanol–water partition coefficient (Wildman–Crippen LogP) is 2.24. The summed E-state index contributed by atoms with van der Waals surface area (Å²) in [7, 11) is -3.60. The van der Waals surface area contributed by atoms with Gasteiger partial charge in [0.2, 0.25) is 16.1 Å². The van der Waals surface area contributed by atoms with Gasteiger partial charge in [0, 0.05) is 19.5 Å². The fourth-order valence-corrected chi connectivity index (χ4v) is 4.90. The Kier molecular flexibility index (Phi) is 5.82. The minimum atomic E-state index is -3.60. The van der Waals surface area contributed by atoms with E-state index in [1.54, 1.807) is 12.1 Å². The van der Waals surface area contributed by atoms with Gasteiger partial charge in [-0.1, -0.05) is 32.9 Å². The molecule has 2 fully saturated rings. The summed E-state index contributed by atoms with van der Waals surface area (Å²) in [6.45, 7) is 6.99. The highest BCUT2D eigenvalue weighted by Gasteiger charge is 2.36. The van der Waals surface area contributed by atoms with Crippen LogP contribution in [0.4, 0.5) is 0 Å². The molecule has 8 heteroatoms. The van der Waals surface area contributed by atoms with Gasteiger partial charge in [-0.2, -0.15) is 4.31 Å². The quantitative estimate of drug-likeness (QED) is 0.709. The maximum absolute atomic E-state index is 12.9. The van der Waals surface area contributed by atoms with Crippen molar-refractivity contribution in [2.24, 2.45) is 5.92 Å². The van der Waals surface area contributed by atoms with Gasteiger partial charge >= 0.3 is 11.9 Å². The highest BCUT2D eigenvalue weighted by Crippen LogP contribution is 2.28. The van der Waals surface area contributed by atoms with Crippen molar-refractivity contribution >= 4 is 22.0 Å². The van der Waals surface area contributed by atoms with Gasteiger partial charge in [-0.3, -0.25) is 4.79 Å². The highest BCUT2D eigenvalue weighted by atomic mass is 32.2. The molecule has 1 atom stereocenters. The number of ether oxygens (including phenoxy) is 2. The Hall–Kier alpha value is -1.93. The number of esters is 2. The summed E-state index contributed by atoms with van der Waals surface area (Å²) in [5.74, 6) is -1.36. The molecule has 2 saturated heterocycles. The van der Waals surface area contributed by atoms with Crippen molar-refractivity contribution < 1.29 is 27.5 Å². The topological polar surface area (TPSA) is 90.0 Å². The number of rotatable bonds is 4. The molecule has 0 bridgehead atoms. The summed E-state index contributed by atoms with van der Waals surface area (Å²) in [4.78, 5) is 24.0. The molecular weight excluding hydrogens is 382 g/mol. The van der Waals surface area contributed by atoms with Gasteiger partial charge in [0.05, 0.1) is 17.4 Å². The molecule has 3 rings (SSSR count). The molecule has 2 heterocycles. The van der Waals surface area contributed by atoms with Gasteiger partial charge < -0.3 is 9.47 Å². The lowest BCUT2D eigenvalue weighted by molar-refractivity contribution is -0.164. The van der Waals surface area contributed by atoms with Crippen LogP contribution in [0.5, 0.6) is 0 Å². The molecule has 28 heavy (non-hydrogen) atoms. The minimum absolute atomic E-state index is 0.0489. The van der Waals surface area contributed by atoms with Crippen molar-refractivity contribution in [2.75, 3.05) is 19.7 Å². The number of benzene rings is 1. The Morgan fingerprint density at radius 2 is 1.71 bits per heavy atom. The summed E-state index contributed by atoms with van der Waals surface area (Å²) < 4.78 is 37.2. The SMILES string of the molecule is CC(C)(C)c1ccc(S(=O)(=O)N2CCC(C(=O)O[C@@H]3CCOC3=O)CC2)cc1. The Bertz CT molecular complexity index is 832. The van der Waals surface area contributed by atoms with E-state index in [4.69, 9.17) is 9.47 Å². The second-order valence-electron chi connectivity index (χ2n) is 8.33. The molecule has 0 spiro atoms. The third-order valence-electron chi connectivity index (χ3n) is 5.29. The Morgan fingerprint density at radius 3 is 2.21 bits per heavy atom. The predicted molar refractivity (Wildman–Crippen MR) is 102 cm³/mol. The molecule has 2 aliphatic heterocycles. The summed E-state index contributed by atoms with van der Waals surface area (Å²) in [6, 6.07) is 6.97. The zero-order valence-corrected chi connectivity index (χ0v) is 17.3. The summed E-state index contributed by atoms with van der Waals surface area (Å²) >= 11 is 0. The number of sulfonamides is 1. The van der Waals surface area contributed by atoms with Gasteiger partial charge in [-0.15, -0.1) is 0 Å². The van der Waals surface area contributed by atoms with E-state index in [-0.39, 0.29) is 30.0 Å². The summed E-state index contributed by atoms with van der Waals surface area (Å²) in [5.41, 5.74) is 1.02. The van der Waals surface area contributed by atoms with Crippen molar-refractivity contribution in [1.82, 2.24) is 4.31 Å². The zero-order chi connectivity index (χ0) is 20.5. The number of cyclic esters (lactones) is 1. The van der Waals surface area contributed by atoms with Crippen LogP contribution >= 0.6 is 0 Å². The third-order valence-corrected chi connectivity index (χ3v) is 7.20. The molecule has 0 unspecified atom stereocenters. The van der Waals surface area contributed by atoms with Crippen LogP contribution in [0.3, 0.4) is 0 Å². The second kappa shape index (κ2) is 7.83. The van der Waals surface area contributed by atoms with E-state index in [2.05, 4.69) is 20.8 Å². The van der Waals surface area contributed by atoms with Crippen LogP contribution in [0.15, 0.2) is 29.2 Å². The van der Waals surface area contributed by atoms with Crippen LogP contribution in [0.25, 0.3) is 0 Å². The molecule has 0 N–H and O–H groups in total. The number of nitrogens with zero attached hydrogens (tertiary/aromatic N) is 1. The normalized spacial score (nSPS) is 22.1. The van der Waals surface area contributed by atoms with Gasteiger partial charge in [0.15, 0.2) is 0 Å². The van der Waals surface area contributed by atoms with Crippen LogP contribution in [0.1, 0.15) is 45.6 Å². The van der Waals surface area contributed by atoms with E-state index in [1.165, 1.54) is 4.31 Å². The van der Waals surface area contributed by atoms with Crippen molar-refractivity contribution in [3.63, 3.8) is 0 Å². The van der Waals surface area contributed by atoms with Crippen molar-refractivity contribution in [3.8, 4) is 0 Å². The lowest BCUT2D eigenvalue weighted by atomic mass is 9.87. The fourth-order valence-electron chi connectivity index (χ4n) is 3.43. The van der Waals surface area contributed by atoms with Gasteiger partial charge in [0.1, 0.15) is 0 Å². The minimum Gasteiger partial charge on any atom is -0.463 e. The standard InChI is InChI=1S/C20H27NO6S/c1-20(2,3)15-4-6-16(7-5-15)28(24,25)21-11-8-14(9-12-21)18(22)27-17-10-13-26-19(17)23/h4-7,14,17H,8-13H2,1-3H3/t17-/m1/s1. The van der Waals surface area contributed by atoms with E-state index in [0.29, 0.717) is 19.3 Å². The lowest BCUT2D eigenvalue weighted by Crippen LogP contribution is -2.41. The molecule has 1 aromatic rings. The van der Waals surface area contributed by atoms with Crippen molar-refractivity contribution in [1.29, 1.82) is 0 Å². The molecule has 0 saturated carbocycles. The second-order valence-corrected chi connectivity index (χ2v) is 10.3. The molecule has 2 aliphatic rings. The largest absolute Gasteiger partial charge is 0.463 e. The Balaban J connectivity index is 1.60. The molecule has 0 amide bonds. The van der Waals surface area contributed by atoms with Crippen LogP contribution in [-0.4, -0.2) is 50.5 Å². The van der Waals surface area contributed by atoms with Gasteiger partial charge in [0.25, 0.3) is 0 Å². The van der Waals surface area contributed by atoms with Gasteiger partial charge in [-0.25, -0.2) is 13.2 Å². The lowest BCUT2D eigenvalue weighted by Gasteiger charge is -2.30. The monoisotopic (exact) mass is 409 g/mol. The Labute approximate surface area is 166 Å². The fraction of sp³-hybridized carbons (Fsp3) is 0.600. The molecule has 0 aromatic heterocycles. The maximum Gasteiger partial charge on any atom is 0.347 e.